The third-order valence-corrected chi connectivity index (χ3v) is 2.86. The maximum Gasteiger partial charge on any atom is 0.161 e. The lowest BCUT2D eigenvalue weighted by Gasteiger charge is -2.29. The average Bonchev–Trinajstić information content (AvgIpc) is 2.30. The van der Waals surface area contributed by atoms with E-state index < -0.39 is 0 Å². The summed E-state index contributed by atoms with van der Waals surface area (Å²) in [7, 11) is 0. The van der Waals surface area contributed by atoms with Crippen LogP contribution in [0.3, 0.4) is 0 Å². The van der Waals surface area contributed by atoms with Crippen molar-refractivity contribution >= 4 is 5.78 Å². The molecule has 1 fully saturated rings. The van der Waals surface area contributed by atoms with Crippen molar-refractivity contribution in [3.8, 4) is 0 Å². The summed E-state index contributed by atoms with van der Waals surface area (Å²) in [6.45, 7) is 6.20. The molecule has 1 rings (SSSR count). The molecule has 0 radical (unpaired) electrons. The fraction of sp³-hybridized carbons (Fsp3) is 0.917. The molecule has 0 aromatic rings. The maximum absolute atomic E-state index is 11.8. The Hall–Kier alpha value is -0.410. The topological polar surface area (TPSA) is 35.5 Å². The summed E-state index contributed by atoms with van der Waals surface area (Å²) in [4.78, 5) is 11.8. The summed E-state index contributed by atoms with van der Waals surface area (Å²) in [5, 5.41) is 0. The molecule has 0 N–H and O–H groups in total. The molecule has 88 valence electrons. The third kappa shape index (κ3) is 3.92. The fourth-order valence-electron chi connectivity index (χ4n) is 1.96. The molecule has 0 aromatic heterocycles. The van der Waals surface area contributed by atoms with Gasteiger partial charge in [0.2, 0.25) is 0 Å². The quantitative estimate of drug-likeness (QED) is 0.680. The first-order valence-corrected chi connectivity index (χ1v) is 6.01. The SMILES string of the molecule is CCCOC(C(=O)CC)C1CCOCC1. The molecule has 0 saturated carbocycles. The number of ketones is 1. The first-order valence-electron chi connectivity index (χ1n) is 6.01. The zero-order valence-electron chi connectivity index (χ0n) is 9.83. The minimum absolute atomic E-state index is 0.182. The van der Waals surface area contributed by atoms with Crippen LogP contribution < -0.4 is 0 Å². The van der Waals surface area contributed by atoms with Gasteiger partial charge in [-0.05, 0) is 25.2 Å². The van der Waals surface area contributed by atoms with E-state index in [4.69, 9.17) is 9.47 Å². The second-order valence-electron chi connectivity index (χ2n) is 4.06. The lowest BCUT2D eigenvalue weighted by atomic mass is 9.90. The first-order chi connectivity index (χ1) is 7.29. The molecular formula is C12H22O3. The van der Waals surface area contributed by atoms with Crippen LogP contribution in [0.25, 0.3) is 0 Å². The molecule has 1 atom stereocenters. The summed E-state index contributed by atoms with van der Waals surface area (Å²) >= 11 is 0. The molecule has 1 aliphatic heterocycles. The van der Waals surface area contributed by atoms with Crippen molar-refractivity contribution in [2.24, 2.45) is 5.92 Å². The Balaban J connectivity index is 2.49. The highest BCUT2D eigenvalue weighted by Crippen LogP contribution is 2.22. The van der Waals surface area contributed by atoms with E-state index in [-0.39, 0.29) is 11.9 Å². The second-order valence-corrected chi connectivity index (χ2v) is 4.06. The molecule has 3 nitrogen and oxygen atoms in total. The van der Waals surface area contributed by atoms with Gasteiger partial charge in [-0.25, -0.2) is 0 Å². The van der Waals surface area contributed by atoms with Gasteiger partial charge in [0.15, 0.2) is 5.78 Å². The minimum atomic E-state index is -0.182. The average molecular weight is 214 g/mol. The number of ether oxygens (including phenoxy) is 2. The van der Waals surface area contributed by atoms with E-state index in [1.165, 1.54) is 0 Å². The van der Waals surface area contributed by atoms with Gasteiger partial charge in [-0.15, -0.1) is 0 Å². The van der Waals surface area contributed by atoms with Crippen molar-refractivity contribution in [3.63, 3.8) is 0 Å². The lowest BCUT2D eigenvalue weighted by molar-refractivity contribution is -0.136. The van der Waals surface area contributed by atoms with Crippen LogP contribution in [-0.2, 0) is 14.3 Å². The maximum atomic E-state index is 11.8. The lowest BCUT2D eigenvalue weighted by Crippen LogP contribution is -2.36. The van der Waals surface area contributed by atoms with E-state index in [2.05, 4.69) is 6.92 Å². The zero-order chi connectivity index (χ0) is 11.1. The van der Waals surface area contributed by atoms with Crippen molar-refractivity contribution in [1.29, 1.82) is 0 Å². The van der Waals surface area contributed by atoms with E-state index in [1.54, 1.807) is 0 Å². The van der Waals surface area contributed by atoms with E-state index in [0.29, 0.717) is 18.9 Å². The monoisotopic (exact) mass is 214 g/mol. The molecule has 0 aromatic carbocycles. The fourth-order valence-corrected chi connectivity index (χ4v) is 1.96. The van der Waals surface area contributed by atoms with Crippen LogP contribution in [0.2, 0.25) is 0 Å². The van der Waals surface area contributed by atoms with Crippen LogP contribution in [0.5, 0.6) is 0 Å². The standard InChI is InChI=1S/C12H22O3/c1-3-7-15-12(11(13)4-2)10-5-8-14-9-6-10/h10,12H,3-9H2,1-2H3. The number of rotatable bonds is 6. The predicted octanol–water partition coefficient (Wildman–Crippen LogP) is 2.19. The molecule has 1 heterocycles. The summed E-state index contributed by atoms with van der Waals surface area (Å²) < 4.78 is 11.0. The highest BCUT2D eigenvalue weighted by molar-refractivity contribution is 5.83. The van der Waals surface area contributed by atoms with E-state index in [0.717, 1.165) is 32.5 Å². The summed E-state index contributed by atoms with van der Waals surface area (Å²) in [6, 6.07) is 0. The Morgan fingerprint density at radius 2 is 2.07 bits per heavy atom. The van der Waals surface area contributed by atoms with Crippen LogP contribution >= 0.6 is 0 Å². The Kier molecular flexibility index (Phi) is 5.88. The Morgan fingerprint density at radius 3 is 2.60 bits per heavy atom. The van der Waals surface area contributed by atoms with Gasteiger partial charge in [0.25, 0.3) is 0 Å². The van der Waals surface area contributed by atoms with Crippen LogP contribution in [0.4, 0.5) is 0 Å². The molecule has 15 heavy (non-hydrogen) atoms. The van der Waals surface area contributed by atoms with Crippen molar-refractivity contribution in [2.45, 2.75) is 45.6 Å². The van der Waals surface area contributed by atoms with Crippen LogP contribution in [0, 0.1) is 5.92 Å². The van der Waals surface area contributed by atoms with E-state index in [9.17, 15) is 4.79 Å². The Labute approximate surface area is 92.1 Å². The summed E-state index contributed by atoms with van der Waals surface area (Å²) in [5.41, 5.74) is 0. The molecule has 1 unspecified atom stereocenters. The summed E-state index contributed by atoms with van der Waals surface area (Å²) in [5.74, 6) is 0.619. The van der Waals surface area contributed by atoms with Gasteiger partial charge in [0, 0.05) is 26.2 Å². The molecular weight excluding hydrogens is 192 g/mol. The third-order valence-electron chi connectivity index (χ3n) is 2.86. The number of Topliss-reactive ketones (excluding diaryl/α,β-unsaturated/α-hetero) is 1. The van der Waals surface area contributed by atoms with Gasteiger partial charge in [-0.1, -0.05) is 13.8 Å². The normalized spacial score (nSPS) is 20.1. The number of hydrogen-bond acceptors (Lipinski definition) is 3. The molecule has 0 bridgehead atoms. The summed E-state index contributed by atoms with van der Waals surface area (Å²) in [6.07, 6.45) is 3.28. The molecule has 0 amide bonds. The van der Waals surface area contributed by atoms with Gasteiger partial charge < -0.3 is 9.47 Å². The van der Waals surface area contributed by atoms with Gasteiger partial charge in [-0.3, -0.25) is 4.79 Å². The number of hydrogen-bond donors (Lipinski definition) is 0. The largest absolute Gasteiger partial charge is 0.381 e. The van der Waals surface area contributed by atoms with Crippen LogP contribution in [0.15, 0.2) is 0 Å². The van der Waals surface area contributed by atoms with Crippen molar-refractivity contribution in [2.75, 3.05) is 19.8 Å². The van der Waals surface area contributed by atoms with Gasteiger partial charge in [0.1, 0.15) is 6.10 Å². The Bertz CT molecular complexity index is 185. The highest BCUT2D eigenvalue weighted by atomic mass is 16.5. The highest BCUT2D eigenvalue weighted by Gasteiger charge is 2.29. The molecule has 1 saturated heterocycles. The Morgan fingerprint density at radius 1 is 1.40 bits per heavy atom. The van der Waals surface area contributed by atoms with Gasteiger partial charge in [0.05, 0.1) is 0 Å². The van der Waals surface area contributed by atoms with E-state index >= 15 is 0 Å². The number of carbonyl (C=O) groups is 1. The molecule has 0 aliphatic carbocycles. The molecule has 1 aliphatic rings. The van der Waals surface area contributed by atoms with Crippen molar-refractivity contribution in [3.05, 3.63) is 0 Å². The van der Waals surface area contributed by atoms with Crippen LogP contribution in [0.1, 0.15) is 39.5 Å². The first kappa shape index (κ1) is 12.7. The minimum Gasteiger partial charge on any atom is -0.381 e. The second kappa shape index (κ2) is 6.96. The predicted molar refractivity (Wildman–Crippen MR) is 58.9 cm³/mol. The molecule has 3 heteroatoms. The van der Waals surface area contributed by atoms with Gasteiger partial charge >= 0.3 is 0 Å². The molecule has 0 spiro atoms. The van der Waals surface area contributed by atoms with Crippen LogP contribution in [-0.4, -0.2) is 31.7 Å². The van der Waals surface area contributed by atoms with E-state index in [1.807, 2.05) is 6.92 Å². The van der Waals surface area contributed by atoms with Gasteiger partial charge in [-0.2, -0.15) is 0 Å². The van der Waals surface area contributed by atoms with Crippen molar-refractivity contribution < 1.29 is 14.3 Å². The zero-order valence-corrected chi connectivity index (χ0v) is 9.83. The smallest absolute Gasteiger partial charge is 0.161 e. The number of carbonyl (C=O) groups excluding carboxylic acids is 1. The van der Waals surface area contributed by atoms with Crippen molar-refractivity contribution in [1.82, 2.24) is 0 Å².